The molecule has 3 N–H and O–H groups in total. The van der Waals surface area contributed by atoms with E-state index >= 15 is 0 Å². The maximum absolute atomic E-state index is 5.94. The van der Waals surface area contributed by atoms with Crippen LogP contribution in [0.1, 0.15) is 57.9 Å². The van der Waals surface area contributed by atoms with Crippen LogP contribution >= 0.6 is 24.0 Å². The van der Waals surface area contributed by atoms with Gasteiger partial charge < -0.3 is 20.7 Å². The highest BCUT2D eigenvalue weighted by Gasteiger charge is 2.17. The van der Waals surface area contributed by atoms with Gasteiger partial charge in [0.25, 0.3) is 0 Å². The van der Waals surface area contributed by atoms with Gasteiger partial charge in [0.05, 0.1) is 19.3 Å². The average Bonchev–Trinajstić information content (AvgIpc) is 2.66. The van der Waals surface area contributed by atoms with Crippen molar-refractivity contribution in [1.29, 1.82) is 0 Å². The third kappa shape index (κ3) is 9.60. The van der Waals surface area contributed by atoms with Crippen LogP contribution in [-0.4, -0.2) is 43.3 Å². The molecule has 154 valence electrons. The molecule has 1 aliphatic heterocycles. The number of halogens is 1. The molecule has 0 saturated carbocycles. The van der Waals surface area contributed by atoms with E-state index in [1.165, 1.54) is 32.1 Å². The molecule has 1 aromatic rings. The van der Waals surface area contributed by atoms with E-state index in [4.69, 9.17) is 10.5 Å². The van der Waals surface area contributed by atoms with Crippen molar-refractivity contribution in [3.05, 3.63) is 23.9 Å². The molecule has 2 heterocycles. The number of nitrogens with zero attached hydrogens (tertiary/aromatic N) is 3. The van der Waals surface area contributed by atoms with Crippen LogP contribution < -0.4 is 16.0 Å². The lowest BCUT2D eigenvalue weighted by molar-refractivity contribution is 0.0529. The predicted molar refractivity (Wildman–Crippen MR) is 124 cm³/mol. The lowest BCUT2D eigenvalue weighted by atomic mass is 10.1. The first-order valence-corrected chi connectivity index (χ1v) is 10.0. The summed E-state index contributed by atoms with van der Waals surface area (Å²) in [6.45, 7) is 8.33. The molecule has 0 aliphatic carbocycles. The first-order valence-electron chi connectivity index (χ1n) is 10.0. The van der Waals surface area contributed by atoms with Crippen molar-refractivity contribution in [2.45, 2.75) is 65.0 Å². The number of hydrogen-bond donors (Lipinski definition) is 2. The Morgan fingerprint density at radius 3 is 2.78 bits per heavy atom. The summed E-state index contributed by atoms with van der Waals surface area (Å²) in [7, 11) is 0. The summed E-state index contributed by atoms with van der Waals surface area (Å²) < 4.78 is 5.57. The van der Waals surface area contributed by atoms with E-state index < -0.39 is 0 Å². The number of aromatic nitrogens is 1. The molecule has 1 aliphatic rings. The van der Waals surface area contributed by atoms with Gasteiger partial charge in [0.2, 0.25) is 0 Å². The first-order chi connectivity index (χ1) is 12.7. The molecule has 0 spiro atoms. The van der Waals surface area contributed by atoms with E-state index in [0.717, 1.165) is 44.0 Å². The molecular weight excluding hydrogens is 453 g/mol. The van der Waals surface area contributed by atoms with E-state index in [-0.39, 0.29) is 30.1 Å². The fourth-order valence-electron chi connectivity index (χ4n) is 3.08. The number of guanidine groups is 1. The minimum absolute atomic E-state index is 0. The van der Waals surface area contributed by atoms with Crippen molar-refractivity contribution < 1.29 is 4.74 Å². The molecular formula is C20H36IN5O. The van der Waals surface area contributed by atoms with Crippen molar-refractivity contribution in [2.75, 3.05) is 31.1 Å². The number of hydrogen-bond acceptors (Lipinski definition) is 4. The van der Waals surface area contributed by atoms with Gasteiger partial charge in [-0.2, -0.15) is 0 Å². The van der Waals surface area contributed by atoms with Gasteiger partial charge in [-0.1, -0.05) is 45.1 Å². The van der Waals surface area contributed by atoms with Gasteiger partial charge in [0.15, 0.2) is 5.96 Å². The second kappa shape index (κ2) is 14.0. The summed E-state index contributed by atoms with van der Waals surface area (Å²) in [6, 6.07) is 4.13. The molecule has 1 aromatic heterocycles. The van der Waals surface area contributed by atoms with E-state index in [9.17, 15) is 0 Å². The molecule has 2 rings (SSSR count). The van der Waals surface area contributed by atoms with Crippen LogP contribution in [0.4, 0.5) is 5.82 Å². The number of nitrogens with two attached hydrogens (primary N) is 1. The summed E-state index contributed by atoms with van der Waals surface area (Å²) >= 11 is 0. The Morgan fingerprint density at radius 1 is 1.30 bits per heavy atom. The third-order valence-electron chi connectivity index (χ3n) is 4.64. The molecule has 1 atom stereocenters. The van der Waals surface area contributed by atoms with Gasteiger partial charge >= 0.3 is 0 Å². The molecule has 0 bridgehead atoms. The molecule has 6 nitrogen and oxygen atoms in total. The zero-order valence-electron chi connectivity index (χ0n) is 16.8. The van der Waals surface area contributed by atoms with Gasteiger partial charge in [0.1, 0.15) is 5.82 Å². The molecule has 0 radical (unpaired) electrons. The van der Waals surface area contributed by atoms with E-state index in [1.54, 1.807) is 0 Å². The van der Waals surface area contributed by atoms with Crippen LogP contribution in [0.25, 0.3) is 0 Å². The highest BCUT2D eigenvalue weighted by molar-refractivity contribution is 14.0. The van der Waals surface area contributed by atoms with Gasteiger partial charge in [-0.3, -0.25) is 0 Å². The zero-order chi connectivity index (χ0) is 18.6. The van der Waals surface area contributed by atoms with Crippen LogP contribution in [0.15, 0.2) is 23.3 Å². The lowest BCUT2D eigenvalue weighted by Gasteiger charge is -2.32. The Kier molecular flexibility index (Phi) is 12.4. The molecule has 0 amide bonds. The molecule has 1 unspecified atom stereocenters. The lowest BCUT2D eigenvalue weighted by Crippen LogP contribution is -2.41. The SMILES string of the molecule is CCCCCCCCNC(N)=NCc1ccc(N2CCOC(C)C2)nc1.I. The minimum atomic E-state index is 0. The van der Waals surface area contributed by atoms with E-state index in [0.29, 0.717) is 12.5 Å². The zero-order valence-corrected chi connectivity index (χ0v) is 19.2. The number of morpholine rings is 1. The smallest absolute Gasteiger partial charge is 0.188 e. The second-order valence-electron chi connectivity index (χ2n) is 7.05. The Morgan fingerprint density at radius 2 is 2.07 bits per heavy atom. The van der Waals surface area contributed by atoms with Crippen molar-refractivity contribution >= 4 is 35.8 Å². The van der Waals surface area contributed by atoms with Crippen LogP contribution in [-0.2, 0) is 11.3 Å². The van der Waals surface area contributed by atoms with Crippen LogP contribution in [0.2, 0.25) is 0 Å². The largest absolute Gasteiger partial charge is 0.375 e. The highest BCUT2D eigenvalue weighted by atomic mass is 127. The topological polar surface area (TPSA) is 75.8 Å². The number of nitrogens with one attached hydrogen (secondary N) is 1. The van der Waals surface area contributed by atoms with E-state index in [2.05, 4.69) is 46.2 Å². The number of pyridine rings is 1. The third-order valence-corrected chi connectivity index (χ3v) is 4.64. The maximum Gasteiger partial charge on any atom is 0.188 e. The molecule has 0 aromatic carbocycles. The molecule has 1 saturated heterocycles. The maximum atomic E-state index is 5.94. The second-order valence-corrected chi connectivity index (χ2v) is 7.05. The Bertz CT molecular complexity index is 538. The minimum Gasteiger partial charge on any atom is -0.375 e. The summed E-state index contributed by atoms with van der Waals surface area (Å²) in [5.41, 5.74) is 7.01. The van der Waals surface area contributed by atoms with Crippen LogP contribution in [0.3, 0.4) is 0 Å². The monoisotopic (exact) mass is 489 g/mol. The van der Waals surface area contributed by atoms with Crippen molar-refractivity contribution in [3.63, 3.8) is 0 Å². The standard InChI is InChI=1S/C20H35N5O.HI/c1-3-4-5-6-7-8-11-22-20(21)24-15-18-9-10-19(23-14-18)25-12-13-26-17(2)16-25;/h9-10,14,17H,3-8,11-13,15-16H2,1-2H3,(H3,21,22,24);1H. The fourth-order valence-corrected chi connectivity index (χ4v) is 3.08. The van der Waals surface area contributed by atoms with Gasteiger partial charge in [0, 0.05) is 25.8 Å². The number of aliphatic imine (C=N–C) groups is 1. The number of ether oxygens (including phenoxy) is 1. The Hall–Kier alpha value is -1.09. The Labute approximate surface area is 181 Å². The summed E-state index contributed by atoms with van der Waals surface area (Å²) in [5, 5.41) is 3.20. The average molecular weight is 489 g/mol. The summed E-state index contributed by atoms with van der Waals surface area (Å²) in [6.07, 6.45) is 9.83. The van der Waals surface area contributed by atoms with Gasteiger partial charge in [-0.05, 0) is 25.0 Å². The van der Waals surface area contributed by atoms with Gasteiger partial charge in [-0.25, -0.2) is 9.98 Å². The Balaban J connectivity index is 0.00000364. The molecule has 27 heavy (non-hydrogen) atoms. The fraction of sp³-hybridized carbons (Fsp3) is 0.700. The molecule has 1 fully saturated rings. The van der Waals surface area contributed by atoms with Crippen molar-refractivity contribution in [1.82, 2.24) is 10.3 Å². The summed E-state index contributed by atoms with van der Waals surface area (Å²) in [5.74, 6) is 1.52. The molecule has 7 heteroatoms. The van der Waals surface area contributed by atoms with Crippen molar-refractivity contribution in [2.24, 2.45) is 10.7 Å². The van der Waals surface area contributed by atoms with Gasteiger partial charge in [-0.15, -0.1) is 24.0 Å². The van der Waals surface area contributed by atoms with Crippen LogP contribution in [0.5, 0.6) is 0 Å². The van der Waals surface area contributed by atoms with Crippen LogP contribution in [0, 0.1) is 0 Å². The number of unbranched alkanes of at least 4 members (excludes halogenated alkanes) is 5. The number of rotatable bonds is 10. The quantitative estimate of drug-likeness (QED) is 0.227. The predicted octanol–water partition coefficient (Wildman–Crippen LogP) is 3.69. The highest BCUT2D eigenvalue weighted by Crippen LogP contribution is 2.15. The van der Waals surface area contributed by atoms with Crippen molar-refractivity contribution in [3.8, 4) is 0 Å². The number of anilines is 1. The normalized spacial score (nSPS) is 17.5. The summed E-state index contributed by atoms with van der Waals surface area (Å²) in [4.78, 5) is 11.2. The van der Waals surface area contributed by atoms with E-state index in [1.807, 2.05) is 6.20 Å². The first kappa shape index (κ1) is 23.9.